The van der Waals surface area contributed by atoms with Gasteiger partial charge in [0.25, 0.3) is 0 Å². The van der Waals surface area contributed by atoms with Gasteiger partial charge in [-0.05, 0) is 31.7 Å². The summed E-state index contributed by atoms with van der Waals surface area (Å²) in [5.41, 5.74) is 1.37. The Balaban J connectivity index is 2.56. The van der Waals surface area contributed by atoms with Crippen molar-refractivity contribution in [1.82, 2.24) is 5.32 Å². The highest BCUT2D eigenvalue weighted by Crippen LogP contribution is 2.20. The van der Waals surface area contributed by atoms with E-state index in [4.69, 9.17) is 4.74 Å². The first-order valence-corrected chi connectivity index (χ1v) is 7.03. The molecule has 1 aromatic carbocycles. The summed E-state index contributed by atoms with van der Waals surface area (Å²) in [4.78, 5) is 0. The molecule has 0 aromatic heterocycles. The Labute approximate surface area is 112 Å². The number of benzene rings is 1. The zero-order valence-electron chi connectivity index (χ0n) is 12.1. The predicted octanol–water partition coefficient (Wildman–Crippen LogP) is 3.79. The van der Waals surface area contributed by atoms with Gasteiger partial charge < -0.3 is 10.1 Å². The van der Waals surface area contributed by atoms with Crippen LogP contribution in [0.1, 0.15) is 45.7 Å². The first-order chi connectivity index (χ1) is 8.63. The first kappa shape index (κ1) is 15.2. The van der Waals surface area contributed by atoms with Crippen molar-refractivity contribution in [3.63, 3.8) is 0 Å². The number of nitrogens with one attached hydrogen (secondary N) is 1. The third-order valence-electron chi connectivity index (χ3n) is 3.01. The highest BCUT2D eigenvalue weighted by Gasteiger charge is 2.13. The molecule has 0 amide bonds. The fourth-order valence-electron chi connectivity index (χ4n) is 2.15. The maximum Gasteiger partial charge on any atom is 0.0671 e. The fourth-order valence-corrected chi connectivity index (χ4v) is 2.15. The van der Waals surface area contributed by atoms with Crippen molar-refractivity contribution in [2.24, 2.45) is 5.92 Å². The molecule has 102 valence electrons. The minimum Gasteiger partial charge on any atom is -0.377 e. The van der Waals surface area contributed by atoms with Gasteiger partial charge in [-0.3, -0.25) is 0 Å². The van der Waals surface area contributed by atoms with Gasteiger partial charge in [-0.1, -0.05) is 44.2 Å². The van der Waals surface area contributed by atoms with E-state index in [0.717, 1.165) is 19.6 Å². The van der Waals surface area contributed by atoms with Crippen LogP contribution in [0.3, 0.4) is 0 Å². The first-order valence-electron chi connectivity index (χ1n) is 7.03. The van der Waals surface area contributed by atoms with E-state index in [0.29, 0.717) is 12.0 Å². The van der Waals surface area contributed by atoms with Crippen molar-refractivity contribution < 1.29 is 4.74 Å². The van der Waals surface area contributed by atoms with Gasteiger partial charge in [-0.15, -0.1) is 0 Å². The molecule has 0 saturated carbocycles. The molecule has 0 heterocycles. The lowest BCUT2D eigenvalue weighted by Crippen LogP contribution is -2.31. The summed E-state index contributed by atoms with van der Waals surface area (Å²) in [5.74, 6) is 0.685. The molecule has 0 saturated heterocycles. The van der Waals surface area contributed by atoms with Crippen LogP contribution in [0.2, 0.25) is 0 Å². The lowest BCUT2D eigenvalue weighted by atomic mass is 9.97. The molecule has 0 aliphatic carbocycles. The van der Waals surface area contributed by atoms with Crippen molar-refractivity contribution >= 4 is 0 Å². The largest absolute Gasteiger partial charge is 0.377 e. The molecular formula is C16H27NO. The Hall–Kier alpha value is -0.860. The highest BCUT2D eigenvalue weighted by molar-refractivity contribution is 5.18. The average molecular weight is 249 g/mol. The van der Waals surface area contributed by atoms with Gasteiger partial charge >= 0.3 is 0 Å². The Morgan fingerprint density at radius 3 is 2.33 bits per heavy atom. The van der Waals surface area contributed by atoms with Gasteiger partial charge in [-0.25, -0.2) is 0 Å². The van der Waals surface area contributed by atoms with Gasteiger partial charge in [0.1, 0.15) is 0 Å². The molecule has 0 bridgehead atoms. The van der Waals surface area contributed by atoms with Crippen LogP contribution >= 0.6 is 0 Å². The van der Waals surface area contributed by atoms with Crippen LogP contribution in [0.5, 0.6) is 0 Å². The summed E-state index contributed by atoms with van der Waals surface area (Å²) < 4.78 is 5.57. The second kappa shape index (κ2) is 8.28. The van der Waals surface area contributed by atoms with Crippen molar-refractivity contribution in [2.45, 2.75) is 46.3 Å². The molecule has 1 N–H and O–H groups in total. The predicted molar refractivity (Wildman–Crippen MR) is 77.7 cm³/mol. The van der Waals surface area contributed by atoms with Crippen molar-refractivity contribution in [3.05, 3.63) is 35.9 Å². The van der Waals surface area contributed by atoms with Crippen LogP contribution in [0.15, 0.2) is 30.3 Å². The number of ether oxygens (including phenoxy) is 1. The van der Waals surface area contributed by atoms with Crippen molar-refractivity contribution in [1.29, 1.82) is 0 Å². The van der Waals surface area contributed by atoms with E-state index in [1.807, 2.05) is 6.92 Å². The average Bonchev–Trinajstić information content (AvgIpc) is 2.35. The molecule has 2 heteroatoms. The van der Waals surface area contributed by atoms with Gasteiger partial charge in [0.15, 0.2) is 0 Å². The van der Waals surface area contributed by atoms with Gasteiger partial charge in [0, 0.05) is 19.2 Å². The van der Waals surface area contributed by atoms with Crippen LogP contribution in [-0.2, 0) is 4.74 Å². The number of hydrogen-bond acceptors (Lipinski definition) is 2. The van der Waals surface area contributed by atoms with E-state index in [2.05, 4.69) is 56.4 Å². The Bertz CT molecular complexity index is 310. The van der Waals surface area contributed by atoms with Gasteiger partial charge in [0.2, 0.25) is 0 Å². The molecule has 0 radical (unpaired) electrons. The zero-order valence-corrected chi connectivity index (χ0v) is 12.1. The molecule has 0 fully saturated rings. The molecule has 0 spiro atoms. The lowest BCUT2D eigenvalue weighted by Gasteiger charge is -2.23. The molecule has 1 aromatic rings. The van der Waals surface area contributed by atoms with Crippen LogP contribution < -0.4 is 5.32 Å². The standard InChI is InChI=1S/C16H27NO/c1-5-18-14(4)12-17-16(11-13(2)3)15-9-7-6-8-10-15/h6-10,13-14,16-17H,5,11-12H2,1-4H3. The Morgan fingerprint density at radius 2 is 1.78 bits per heavy atom. The third kappa shape index (κ3) is 5.65. The summed E-state index contributed by atoms with van der Waals surface area (Å²) in [7, 11) is 0. The normalized spacial score (nSPS) is 14.7. The molecule has 18 heavy (non-hydrogen) atoms. The summed E-state index contributed by atoms with van der Waals surface area (Å²) in [6, 6.07) is 11.1. The maximum atomic E-state index is 5.57. The molecule has 0 aliphatic rings. The second-order valence-corrected chi connectivity index (χ2v) is 5.27. The third-order valence-corrected chi connectivity index (χ3v) is 3.01. The quantitative estimate of drug-likeness (QED) is 0.757. The maximum absolute atomic E-state index is 5.57. The van der Waals surface area contributed by atoms with Gasteiger partial charge in [0.05, 0.1) is 6.10 Å². The monoisotopic (exact) mass is 249 g/mol. The molecule has 2 atom stereocenters. The lowest BCUT2D eigenvalue weighted by molar-refractivity contribution is 0.0733. The Morgan fingerprint density at radius 1 is 1.11 bits per heavy atom. The van der Waals surface area contributed by atoms with Gasteiger partial charge in [-0.2, -0.15) is 0 Å². The number of rotatable bonds is 8. The van der Waals surface area contributed by atoms with Crippen LogP contribution in [0.25, 0.3) is 0 Å². The van der Waals surface area contributed by atoms with Crippen LogP contribution in [0.4, 0.5) is 0 Å². The minimum absolute atomic E-state index is 0.272. The summed E-state index contributed by atoms with van der Waals surface area (Å²) in [6.45, 7) is 10.4. The Kier molecular flexibility index (Phi) is 6.99. The number of hydrogen-bond donors (Lipinski definition) is 1. The van der Waals surface area contributed by atoms with Crippen molar-refractivity contribution in [3.8, 4) is 0 Å². The summed E-state index contributed by atoms with van der Waals surface area (Å²) in [5, 5.41) is 3.63. The summed E-state index contributed by atoms with van der Waals surface area (Å²) >= 11 is 0. The van der Waals surface area contributed by atoms with E-state index < -0.39 is 0 Å². The summed E-state index contributed by atoms with van der Waals surface area (Å²) in [6.07, 6.45) is 1.43. The SMILES string of the molecule is CCOC(C)CNC(CC(C)C)c1ccccc1. The van der Waals surface area contributed by atoms with E-state index in [1.54, 1.807) is 0 Å². The molecule has 0 aliphatic heterocycles. The van der Waals surface area contributed by atoms with E-state index in [1.165, 1.54) is 5.56 Å². The topological polar surface area (TPSA) is 21.3 Å². The highest BCUT2D eigenvalue weighted by atomic mass is 16.5. The van der Waals surface area contributed by atoms with Crippen LogP contribution in [-0.4, -0.2) is 19.3 Å². The van der Waals surface area contributed by atoms with Crippen LogP contribution in [0, 0.1) is 5.92 Å². The zero-order chi connectivity index (χ0) is 13.4. The van der Waals surface area contributed by atoms with Crippen molar-refractivity contribution in [2.75, 3.05) is 13.2 Å². The fraction of sp³-hybridized carbons (Fsp3) is 0.625. The molecule has 2 nitrogen and oxygen atoms in total. The smallest absolute Gasteiger partial charge is 0.0671 e. The second-order valence-electron chi connectivity index (χ2n) is 5.27. The van der Waals surface area contributed by atoms with E-state index in [9.17, 15) is 0 Å². The minimum atomic E-state index is 0.272. The molecular weight excluding hydrogens is 222 g/mol. The molecule has 2 unspecified atom stereocenters. The van der Waals surface area contributed by atoms with E-state index in [-0.39, 0.29) is 6.10 Å². The van der Waals surface area contributed by atoms with E-state index >= 15 is 0 Å². The molecule has 1 rings (SSSR count).